The molecule has 0 aliphatic carbocycles. The molecule has 11 heteroatoms. The second kappa shape index (κ2) is 7.62. The summed E-state index contributed by atoms with van der Waals surface area (Å²) in [4.78, 5) is 24.1. The van der Waals surface area contributed by atoms with E-state index < -0.39 is 30.5 Å². The number of fused-ring (bicyclic) bond motifs is 1. The SMILES string of the molecule is Nc1ncnc2c1ncn2[C@@H]1O[C@H](COC(=O)Cc2cccc(O)c2)[C@@H](O)[C@H]1O. The number of aliphatic hydroxyl groups is 2. The summed E-state index contributed by atoms with van der Waals surface area (Å²) in [6.07, 6.45) is -1.92. The van der Waals surface area contributed by atoms with Crippen molar-refractivity contribution in [2.75, 3.05) is 12.3 Å². The van der Waals surface area contributed by atoms with Crippen molar-refractivity contribution in [3.63, 3.8) is 0 Å². The highest BCUT2D eigenvalue weighted by Gasteiger charge is 2.44. The predicted molar refractivity (Wildman–Crippen MR) is 98.4 cm³/mol. The Balaban J connectivity index is 1.42. The van der Waals surface area contributed by atoms with Crippen molar-refractivity contribution in [1.29, 1.82) is 0 Å². The number of phenolic OH excluding ortho intramolecular Hbond substituents is 1. The number of rotatable bonds is 5. The first-order valence-corrected chi connectivity index (χ1v) is 8.82. The molecule has 2 aromatic heterocycles. The number of nitrogens with zero attached hydrogens (tertiary/aromatic N) is 4. The van der Waals surface area contributed by atoms with Crippen LogP contribution in [0.4, 0.5) is 5.82 Å². The van der Waals surface area contributed by atoms with Gasteiger partial charge in [-0.15, -0.1) is 0 Å². The molecule has 3 aromatic rings. The molecule has 1 fully saturated rings. The van der Waals surface area contributed by atoms with Gasteiger partial charge in [-0.2, -0.15) is 0 Å². The zero-order valence-corrected chi connectivity index (χ0v) is 15.1. The normalized spacial score (nSPS) is 24.1. The topological polar surface area (TPSA) is 166 Å². The van der Waals surface area contributed by atoms with Crippen LogP contribution in [-0.2, 0) is 20.7 Å². The smallest absolute Gasteiger partial charge is 0.310 e. The fourth-order valence-electron chi connectivity index (χ4n) is 3.21. The van der Waals surface area contributed by atoms with Crippen molar-refractivity contribution in [2.24, 2.45) is 0 Å². The number of phenols is 1. The Kier molecular flexibility index (Phi) is 5.01. The van der Waals surface area contributed by atoms with Crippen molar-refractivity contribution in [1.82, 2.24) is 19.5 Å². The Labute approximate surface area is 164 Å². The number of aromatic hydroxyl groups is 1. The minimum atomic E-state index is -1.29. The minimum absolute atomic E-state index is 0.0489. The van der Waals surface area contributed by atoms with Crippen LogP contribution in [0, 0.1) is 0 Å². The van der Waals surface area contributed by atoms with E-state index in [2.05, 4.69) is 15.0 Å². The standard InChI is InChI=1S/C18H19N5O6/c19-16-13-17(21-7-20-16)23(8-22-13)18-15(27)14(26)11(29-18)6-28-12(25)5-9-2-1-3-10(24)4-9/h1-4,7-8,11,14-15,18,24,26-27H,5-6H2,(H2,19,20,21)/t11-,14-,15-,18-/m1/s1. The van der Waals surface area contributed by atoms with Gasteiger partial charge >= 0.3 is 5.97 Å². The minimum Gasteiger partial charge on any atom is -0.508 e. The van der Waals surface area contributed by atoms with Crippen molar-refractivity contribution in [3.05, 3.63) is 42.5 Å². The summed E-state index contributed by atoms with van der Waals surface area (Å²) in [5, 5.41) is 30.1. The molecule has 5 N–H and O–H groups in total. The Hall–Kier alpha value is -3.28. The van der Waals surface area contributed by atoms with E-state index in [0.29, 0.717) is 16.7 Å². The number of nitrogens with two attached hydrogens (primary N) is 1. The van der Waals surface area contributed by atoms with Gasteiger partial charge in [-0.3, -0.25) is 9.36 Å². The molecule has 152 valence electrons. The molecule has 0 amide bonds. The summed E-state index contributed by atoms with van der Waals surface area (Å²) in [5.74, 6) is -0.329. The van der Waals surface area contributed by atoms with Crippen molar-refractivity contribution < 1.29 is 29.6 Å². The second-order valence-electron chi connectivity index (χ2n) is 6.66. The van der Waals surface area contributed by atoms with Gasteiger partial charge in [-0.25, -0.2) is 15.0 Å². The van der Waals surface area contributed by atoms with Crippen molar-refractivity contribution in [3.8, 4) is 5.75 Å². The number of aliphatic hydroxyl groups excluding tert-OH is 2. The molecule has 1 saturated heterocycles. The molecule has 0 spiro atoms. The number of nitrogen functional groups attached to an aromatic ring is 1. The number of aromatic nitrogens is 4. The van der Waals surface area contributed by atoms with E-state index in [0.717, 1.165) is 0 Å². The molecule has 3 heterocycles. The molecule has 0 radical (unpaired) electrons. The summed E-state index contributed by atoms with van der Waals surface area (Å²) in [7, 11) is 0. The Morgan fingerprint density at radius 3 is 2.86 bits per heavy atom. The van der Waals surface area contributed by atoms with E-state index >= 15 is 0 Å². The van der Waals surface area contributed by atoms with E-state index in [1.54, 1.807) is 12.1 Å². The molecule has 4 atom stereocenters. The summed E-state index contributed by atoms with van der Waals surface area (Å²) in [6, 6.07) is 6.25. The van der Waals surface area contributed by atoms with Gasteiger partial charge in [0.1, 0.15) is 42.5 Å². The summed E-state index contributed by atoms with van der Waals surface area (Å²) in [6.45, 7) is -0.254. The van der Waals surface area contributed by atoms with Gasteiger partial charge < -0.3 is 30.5 Å². The highest BCUT2D eigenvalue weighted by atomic mass is 16.6. The summed E-state index contributed by atoms with van der Waals surface area (Å²) >= 11 is 0. The fraction of sp³-hybridized carbons (Fsp3) is 0.333. The van der Waals surface area contributed by atoms with Crippen LogP contribution in [-0.4, -0.2) is 65.7 Å². The molecule has 0 bridgehead atoms. The Morgan fingerprint density at radius 2 is 2.07 bits per heavy atom. The number of hydrogen-bond donors (Lipinski definition) is 4. The first-order chi connectivity index (χ1) is 13.9. The zero-order valence-electron chi connectivity index (χ0n) is 15.1. The molecule has 0 unspecified atom stereocenters. The third-order valence-corrected chi connectivity index (χ3v) is 4.67. The lowest BCUT2D eigenvalue weighted by atomic mass is 10.1. The van der Waals surface area contributed by atoms with Gasteiger partial charge in [0.15, 0.2) is 17.7 Å². The first kappa shape index (κ1) is 19.1. The van der Waals surface area contributed by atoms with Crippen LogP contribution in [0.5, 0.6) is 5.75 Å². The molecule has 1 aliphatic rings. The monoisotopic (exact) mass is 401 g/mol. The third kappa shape index (κ3) is 3.70. The van der Waals surface area contributed by atoms with Crippen LogP contribution < -0.4 is 5.73 Å². The van der Waals surface area contributed by atoms with Gasteiger partial charge in [-0.1, -0.05) is 12.1 Å². The maximum absolute atomic E-state index is 12.0. The predicted octanol–water partition coefficient (Wildman–Crippen LogP) is -0.481. The maximum atomic E-state index is 12.0. The van der Waals surface area contributed by atoms with Gasteiger partial charge in [0.2, 0.25) is 0 Å². The van der Waals surface area contributed by atoms with Crippen LogP contribution in [0.1, 0.15) is 11.8 Å². The lowest BCUT2D eigenvalue weighted by Crippen LogP contribution is -2.34. The van der Waals surface area contributed by atoms with E-state index in [4.69, 9.17) is 15.2 Å². The average Bonchev–Trinajstić information content (AvgIpc) is 3.23. The highest BCUT2D eigenvalue weighted by molar-refractivity contribution is 5.81. The summed E-state index contributed by atoms with van der Waals surface area (Å²) in [5.41, 5.74) is 7.03. The van der Waals surface area contributed by atoms with Gasteiger partial charge in [-0.05, 0) is 17.7 Å². The number of carbonyl (C=O) groups excluding carboxylic acids is 1. The molecule has 29 heavy (non-hydrogen) atoms. The molecular weight excluding hydrogens is 382 g/mol. The number of carbonyl (C=O) groups is 1. The fourth-order valence-corrected chi connectivity index (χ4v) is 3.21. The number of esters is 1. The number of ether oxygens (including phenoxy) is 2. The average molecular weight is 401 g/mol. The van der Waals surface area contributed by atoms with Crippen LogP contribution in [0.25, 0.3) is 11.2 Å². The largest absolute Gasteiger partial charge is 0.508 e. The molecule has 4 rings (SSSR count). The first-order valence-electron chi connectivity index (χ1n) is 8.82. The lowest BCUT2D eigenvalue weighted by molar-refractivity contribution is -0.149. The Bertz CT molecular complexity index is 1040. The quantitative estimate of drug-likeness (QED) is 0.410. The number of imidazole rings is 1. The molecule has 1 aliphatic heterocycles. The lowest BCUT2D eigenvalue weighted by Gasteiger charge is -2.16. The highest BCUT2D eigenvalue weighted by Crippen LogP contribution is 2.32. The summed E-state index contributed by atoms with van der Waals surface area (Å²) < 4.78 is 12.3. The zero-order chi connectivity index (χ0) is 20.5. The van der Waals surface area contributed by atoms with Crippen LogP contribution in [0.2, 0.25) is 0 Å². The Morgan fingerprint density at radius 1 is 1.24 bits per heavy atom. The molecular formula is C18H19N5O6. The van der Waals surface area contributed by atoms with E-state index in [1.807, 2.05) is 0 Å². The molecule has 11 nitrogen and oxygen atoms in total. The van der Waals surface area contributed by atoms with E-state index in [1.165, 1.54) is 29.4 Å². The maximum Gasteiger partial charge on any atom is 0.310 e. The molecule has 1 aromatic carbocycles. The third-order valence-electron chi connectivity index (χ3n) is 4.67. The van der Waals surface area contributed by atoms with Crippen molar-refractivity contribution >= 4 is 23.0 Å². The van der Waals surface area contributed by atoms with E-state index in [-0.39, 0.29) is 24.6 Å². The van der Waals surface area contributed by atoms with E-state index in [9.17, 15) is 20.1 Å². The number of anilines is 1. The van der Waals surface area contributed by atoms with Crippen LogP contribution in [0.3, 0.4) is 0 Å². The van der Waals surface area contributed by atoms with Crippen molar-refractivity contribution in [2.45, 2.75) is 31.0 Å². The van der Waals surface area contributed by atoms with Gasteiger partial charge in [0.05, 0.1) is 12.7 Å². The van der Waals surface area contributed by atoms with Crippen LogP contribution >= 0.6 is 0 Å². The number of hydrogen-bond acceptors (Lipinski definition) is 10. The van der Waals surface area contributed by atoms with Gasteiger partial charge in [0.25, 0.3) is 0 Å². The second-order valence-corrected chi connectivity index (χ2v) is 6.66. The van der Waals surface area contributed by atoms with Gasteiger partial charge in [0, 0.05) is 0 Å². The number of benzene rings is 1. The molecule has 0 saturated carbocycles. The van der Waals surface area contributed by atoms with Crippen LogP contribution in [0.15, 0.2) is 36.9 Å².